The fourth-order valence-electron chi connectivity index (χ4n) is 5.45. The summed E-state index contributed by atoms with van der Waals surface area (Å²) in [4.78, 5) is 23.7. The summed E-state index contributed by atoms with van der Waals surface area (Å²) in [6.45, 7) is 2.57. The molecule has 0 radical (unpaired) electrons. The van der Waals surface area contributed by atoms with Gasteiger partial charge in [-0.3, -0.25) is 4.90 Å². The number of aromatic nitrogens is 3. The molecule has 9 nitrogen and oxygen atoms in total. The van der Waals surface area contributed by atoms with Crippen molar-refractivity contribution in [3.8, 4) is 17.7 Å². The molecule has 1 N–H and O–H groups in total. The highest BCUT2D eigenvalue weighted by molar-refractivity contribution is 6.30. The van der Waals surface area contributed by atoms with Gasteiger partial charge in [-0.2, -0.15) is 5.26 Å². The van der Waals surface area contributed by atoms with E-state index in [-0.39, 0.29) is 24.7 Å². The first kappa shape index (κ1) is 28.9. The molecule has 0 amide bonds. The molecule has 222 valence electrons. The maximum Gasteiger partial charge on any atom is 0.335 e. The number of benzene rings is 2. The van der Waals surface area contributed by atoms with Crippen LogP contribution in [0.2, 0.25) is 5.02 Å². The number of nitrogens with zero attached hydrogens (tertiary/aromatic N) is 5. The summed E-state index contributed by atoms with van der Waals surface area (Å²) < 4.78 is 27.8. The van der Waals surface area contributed by atoms with Gasteiger partial charge < -0.3 is 19.1 Å². The van der Waals surface area contributed by atoms with E-state index in [0.717, 1.165) is 50.3 Å². The maximum absolute atomic E-state index is 14.1. The Morgan fingerprint density at radius 1 is 1.16 bits per heavy atom. The van der Waals surface area contributed by atoms with Crippen LogP contribution < -0.4 is 9.47 Å². The van der Waals surface area contributed by atoms with Crippen molar-refractivity contribution in [2.45, 2.75) is 44.8 Å². The molecule has 11 heteroatoms. The van der Waals surface area contributed by atoms with Gasteiger partial charge in [0, 0.05) is 35.3 Å². The molecule has 1 aliphatic carbocycles. The van der Waals surface area contributed by atoms with Crippen LogP contribution in [0.3, 0.4) is 0 Å². The molecule has 3 heterocycles. The van der Waals surface area contributed by atoms with Crippen LogP contribution in [0, 0.1) is 22.6 Å². The molecule has 1 saturated carbocycles. The minimum atomic E-state index is -1.04. The summed E-state index contributed by atoms with van der Waals surface area (Å²) in [7, 11) is 1.88. The first-order valence-corrected chi connectivity index (χ1v) is 14.6. The summed E-state index contributed by atoms with van der Waals surface area (Å²) in [5, 5.41) is 19.4. The number of ether oxygens (including phenoxy) is 2. The van der Waals surface area contributed by atoms with Gasteiger partial charge in [-0.15, -0.1) is 0 Å². The van der Waals surface area contributed by atoms with Crippen molar-refractivity contribution in [2.24, 2.45) is 12.5 Å². The smallest absolute Gasteiger partial charge is 0.335 e. The fraction of sp³-hybridized carbons (Fsp3) is 0.375. The molecule has 1 aliphatic heterocycles. The van der Waals surface area contributed by atoms with E-state index in [1.807, 2.05) is 23.7 Å². The zero-order valence-electron chi connectivity index (χ0n) is 23.7. The van der Waals surface area contributed by atoms with E-state index in [1.165, 1.54) is 12.1 Å². The van der Waals surface area contributed by atoms with Crippen molar-refractivity contribution in [3.05, 3.63) is 82.0 Å². The van der Waals surface area contributed by atoms with Crippen molar-refractivity contribution in [2.75, 3.05) is 19.7 Å². The number of likely N-dealkylation sites (tertiary alicyclic amines) is 1. The Bertz CT molecular complexity index is 1720. The minimum Gasteiger partial charge on any atom is -0.490 e. The predicted octanol–water partition coefficient (Wildman–Crippen LogP) is 6.10. The SMILES string of the molecule is Cn1c(CN2CCC(c3cccc(OCc4ccc(Cl)cc4F)n3)CC2)nc2c(OCC3(C#N)CC3)cc(C(=O)O)cc21. The van der Waals surface area contributed by atoms with E-state index in [0.29, 0.717) is 39.8 Å². The van der Waals surface area contributed by atoms with Crippen LogP contribution in [0.25, 0.3) is 11.0 Å². The zero-order chi connectivity index (χ0) is 30.1. The summed E-state index contributed by atoms with van der Waals surface area (Å²) in [5.41, 5.74) is 2.29. The number of hydrogen-bond acceptors (Lipinski definition) is 7. The topological polar surface area (TPSA) is 113 Å². The Kier molecular flexibility index (Phi) is 7.95. The third-order valence-electron chi connectivity index (χ3n) is 8.39. The average molecular weight is 604 g/mol. The predicted molar refractivity (Wildman–Crippen MR) is 158 cm³/mol. The first-order valence-electron chi connectivity index (χ1n) is 14.3. The van der Waals surface area contributed by atoms with Gasteiger partial charge in [0.25, 0.3) is 0 Å². The quantitative estimate of drug-likeness (QED) is 0.231. The largest absolute Gasteiger partial charge is 0.490 e. The number of carbonyl (C=O) groups is 1. The molecule has 0 bridgehead atoms. The number of pyridine rings is 1. The number of halogens is 2. The standard InChI is InChI=1S/C32H31ClFN5O4/c1-38-26-13-22(31(40)41)14-27(43-19-32(18-35)9-10-32)30(26)37-28(38)16-39-11-7-20(8-12-39)25-3-2-4-29(36-25)42-17-21-5-6-23(33)15-24(21)34/h2-6,13-15,20H,7-12,16-17,19H2,1H3,(H,40,41). The average Bonchev–Trinajstić information content (AvgIpc) is 3.73. The molecule has 0 unspecified atom stereocenters. The number of aromatic carboxylic acids is 1. The number of rotatable bonds is 10. The van der Waals surface area contributed by atoms with Crippen LogP contribution in [-0.4, -0.2) is 50.2 Å². The van der Waals surface area contributed by atoms with Crippen LogP contribution in [0.5, 0.6) is 11.6 Å². The van der Waals surface area contributed by atoms with E-state index in [9.17, 15) is 19.6 Å². The second kappa shape index (κ2) is 11.8. The van der Waals surface area contributed by atoms with Gasteiger partial charge in [0.2, 0.25) is 5.88 Å². The van der Waals surface area contributed by atoms with Gasteiger partial charge in [-0.05, 0) is 69.1 Å². The highest BCUT2D eigenvalue weighted by Crippen LogP contribution is 2.45. The van der Waals surface area contributed by atoms with Gasteiger partial charge in [0.15, 0.2) is 0 Å². The number of piperidine rings is 1. The molecule has 6 rings (SSSR count). The Labute approximate surface area is 253 Å². The molecule has 1 saturated heterocycles. The summed E-state index contributed by atoms with van der Waals surface area (Å²) in [6.07, 6.45) is 3.37. The minimum absolute atomic E-state index is 0.0653. The molecule has 43 heavy (non-hydrogen) atoms. The van der Waals surface area contributed by atoms with Crippen molar-refractivity contribution in [1.82, 2.24) is 19.4 Å². The number of carboxylic acid groups (broad SMARTS) is 1. The lowest BCUT2D eigenvalue weighted by atomic mass is 9.93. The van der Waals surface area contributed by atoms with E-state index >= 15 is 0 Å². The van der Waals surface area contributed by atoms with Crippen molar-refractivity contribution in [3.63, 3.8) is 0 Å². The van der Waals surface area contributed by atoms with Crippen LogP contribution in [0.15, 0.2) is 48.5 Å². The number of nitriles is 1. The first-order chi connectivity index (χ1) is 20.7. The molecule has 2 aromatic carbocycles. The number of aryl methyl sites for hydroxylation is 1. The van der Waals surface area contributed by atoms with Crippen LogP contribution in [0.1, 0.15) is 59.0 Å². The highest BCUT2D eigenvalue weighted by atomic mass is 35.5. The van der Waals surface area contributed by atoms with E-state index in [1.54, 1.807) is 24.3 Å². The van der Waals surface area contributed by atoms with Crippen molar-refractivity contribution in [1.29, 1.82) is 5.26 Å². The molecule has 2 aromatic heterocycles. The summed E-state index contributed by atoms with van der Waals surface area (Å²) >= 11 is 5.84. The normalized spacial score (nSPS) is 16.6. The summed E-state index contributed by atoms with van der Waals surface area (Å²) in [5.74, 6) is 0.469. The molecule has 2 aliphatic rings. The van der Waals surface area contributed by atoms with Crippen LogP contribution in [0.4, 0.5) is 4.39 Å². The second-order valence-corrected chi connectivity index (χ2v) is 11.8. The lowest BCUT2D eigenvalue weighted by Crippen LogP contribution is -2.33. The van der Waals surface area contributed by atoms with E-state index < -0.39 is 17.2 Å². The van der Waals surface area contributed by atoms with Crippen LogP contribution >= 0.6 is 11.6 Å². The third kappa shape index (κ3) is 6.28. The Morgan fingerprint density at radius 3 is 2.65 bits per heavy atom. The monoisotopic (exact) mass is 603 g/mol. The van der Waals surface area contributed by atoms with E-state index in [4.69, 9.17) is 31.0 Å². The Balaban J connectivity index is 1.11. The van der Waals surface area contributed by atoms with Crippen molar-refractivity contribution >= 4 is 28.6 Å². The molecular formula is C32H31ClFN5O4. The third-order valence-corrected chi connectivity index (χ3v) is 8.63. The van der Waals surface area contributed by atoms with Gasteiger partial charge in [-0.1, -0.05) is 23.7 Å². The fourth-order valence-corrected chi connectivity index (χ4v) is 5.61. The Hall–Kier alpha value is -4.20. The molecule has 4 aromatic rings. The van der Waals surface area contributed by atoms with Gasteiger partial charge >= 0.3 is 5.97 Å². The number of hydrogen-bond donors (Lipinski definition) is 1. The molecular weight excluding hydrogens is 573 g/mol. The van der Waals surface area contributed by atoms with Gasteiger partial charge in [-0.25, -0.2) is 19.2 Å². The highest BCUT2D eigenvalue weighted by Gasteiger charge is 2.44. The van der Waals surface area contributed by atoms with Crippen LogP contribution in [-0.2, 0) is 20.2 Å². The lowest BCUT2D eigenvalue weighted by Gasteiger charge is -2.31. The Morgan fingerprint density at radius 2 is 1.95 bits per heavy atom. The van der Waals surface area contributed by atoms with Gasteiger partial charge in [0.1, 0.15) is 36.1 Å². The molecule has 2 fully saturated rings. The van der Waals surface area contributed by atoms with Gasteiger partial charge in [0.05, 0.1) is 29.1 Å². The second-order valence-electron chi connectivity index (χ2n) is 11.4. The molecule has 0 atom stereocenters. The zero-order valence-corrected chi connectivity index (χ0v) is 24.5. The number of imidazole rings is 1. The van der Waals surface area contributed by atoms with Crippen molar-refractivity contribution < 1.29 is 23.8 Å². The van der Waals surface area contributed by atoms with E-state index in [2.05, 4.69) is 11.0 Å². The summed E-state index contributed by atoms with van der Waals surface area (Å²) in [6, 6.07) is 15.6. The maximum atomic E-state index is 14.1. The number of fused-ring (bicyclic) bond motifs is 1. The lowest BCUT2D eigenvalue weighted by molar-refractivity contribution is 0.0696. The molecule has 0 spiro atoms. The number of carboxylic acids is 1.